The number of amides is 1. The summed E-state index contributed by atoms with van der Waals surface area (Å²) in [7, 11) is 0. The van der Waals surface area contributed by atoms with Crippen molar-refractivity contribution in [3.63, 3.8) is 0 Å². The van der Waals surface area contributed by atoms with Gasteiger partial charge in [-0.25, -0.2) is 28.7 Å². The van der Waals surface area contributed by atoms with Crippen molar-refractivity contribution in [3.05, 3.63) is 65.3 Å². The van der Waals surface area contributed by atoms with Crippen LogP contribution < -0.4 is 10.2 Å². The third kappa shape index (κ3) is 5.16. The summed E-state index contributed by atoms with van der Waals surface area (Å²) in [5.74, 6) is -0.802. The van der Waals surface area contributed by atoms with Crippen molar-refractivity contribution in [2.75, 3.05) is 36.4 Å². The first-order chi connectivity index (χ1) is 19.4. The lowest BCUT2D eigenvalue weighted by atomic mass is 10.1. The van der Waals surface area contributed by atoms with Crippen LogP contribution in [-0.4, -0.2) is 72.7 Å². The molecule has 0 unspecified atom stereocenters. The number of likely N-dealkylation sites (tertiary alicyclic amines) is 1. The molecule has 2 saturated heterocycles. The van der Waals surface area contributed by atoms with E-state index in [0.717, 1.165) is 18.9 Å². The molecule has 1 aromatic carbocycles. The van der Waals surface area contributed by atoms with Crippen molar-refractivity contribution in [1.82, 2.24) is 29.4 Å². The molecule has 6 rings (SSSR count). The van der Waals surface area contributed by atoms with Crippen LogP contribution in [0.3, 0.4) is 0 Å². The predicted molar refractivity (Wildman–Crippen MR) is 146 cm³/mol. The Morgan fingerprint density at radius 1 is 1.02 bits per heavy atom. The van der Waals surface area contributed by atoms with Crippen LogP contribution in [0, 0.1) is 11.6 Å². The molecule has 0 spiro atoms. The summed E-state index contributed by atoms with van der Waals surface area (Å²) in [6, 6.07) is 4.07. The lowest BCUT2D eigenvalue weighted by Gasteiger charge is -2.32. The molecule has 0 bridgehead atoms. The molecule has 0 aliphatic carbocycles. The molecule has 1 amide bonds. The van der Waals surface area contributed by atoms with Gasteiger partial charge in [0.1, 0.15) is 23.6 Å². The lowest BCUT2D eigenvalue weighted by molar-refractivity contribution is 0.0473. The standard InChI is InChI=1S/C27H27ClF2N8O2/c28-17-11-31-27(32-12-17)36-8-5-18(6-9-36)38-14-21(30)23-24(33-15-34-25(23)38)35-22-4-3-16(10-20(22)29)26(40)37-7-1-2-19(39)13-37/h3-4,10-12,14-15,18-19,39H,1-2,5-9,13H2,(H,33,34,35)/t19-/m1/s1. The fourth-order valence-corrected chi connectivity index (χ4v) is 5.52. The molecule has 10 nitrogen and oxygen atoms in total. The number of carbonyl (C=O) groups excluding carboxylic acids is 1. The van der Waals surface area contributed by atoms with Crippen molar-refractivity contribution in [3.8, 4) is 0 Å². The minimum absolute atomic E-state index is 0.00589. The second kappa shape index (κ2) is 10.9. The Kier molecular flexibility index (Phi) is 7.20. The molecule has 3 aromatic heterocycles. The monoisotopic (exact) mass is 568 g/mol. The zero-order valence-corrected chi connectivity index (χ0v) is 22.2. The van der Waals surface area contributed by atoms with E-state index < -0.39 is 17.7 Å². The van der Waals surface area contributed by atoms with Crippen molar-refractivity contribution in [1.29, 1.82) is 0 Å². The minimum Gasteiger partial charge on any atom is -0.391 e. The summed E-state index contributed by atoms with van der Waals surface area (Å²) in [5.41, 5.74) is 0.642. The summed E-state index contributed by atoms with van der Waals surface area (Å²) in [4.78, 5) is 33.5. The van der Waals surface area contributed by atoms with Crippen molar-refractivity contribution < 1.29 is 18.7 Å². The summed E-state index contributed by atoms with van der Waals surface area (Å²) in [6.07, 6.45) is 8.05. The second-order valence-corrected chi connectivity index (χ2v) is 10.5. The van der Waals surface area contributed by atoms with Gasteiger partial charge in [0.2, 0.25) is 5.95 Å². The van der Waals surface area contributed by atoms with E-state index in [9.17, 15) is 9.90 Å². The van der Waals surface area contributed by atoms with Crippen LogP contribution in [0.2, 0.25) is 5.02 Å². The van der Waals surface area contributed by atoms with E-state index in [2.05, 4.69) is 30.2 Å². The molecule has 2 fully saturated rings. The van der Waals surface area contributed by atoms with Crippen LogP contribution in [0.25, 0.3) is 11.0 Å². The largest absolute Gasteiger partial charge is 0.391 e. The Bertz CT molecular complexity index is 1540. The number of benzene rings is 1. The summed E-state index contributed by atoms with van der Waals surface area (Å²) >= 11 is 5.89. The molecule has 0 saturated carbocycles. The Morgan fingerprint density at radius 3 is 2.52 bits per heavy atom. The SMILES string of the molecule is O=C(c1ccc(Nc2ncnc3c2c(F)cn3C2CCN(c3ncc(Cl)cn3)CC2)c(F)c1)N1CCC[C@@H](O)C1. The maximum atomic E-state index is 15.3. The number of hydrogen-bond acceptors (Lipinski definition) is 8. The van der Waals surface area contributed by atoms with Crippen molar-refractivity contribution in [2.45, 2.75) is 37.8 Å². The number of aliphatic hydroxyl groups is 1. The fourth-order valence-electron chi connectivity index (χ4n) is 5.42. The normalized spacial score (nSPS) is 18.4. The van der Waals surface area contributed by atoms with Gasteiger partial charge in [-0.05, 0) is 43.9 Å². The molecule has 5 heterocycles. The molecule has 208 valence electrons. The molecule has 13 heteroatoms. The Hall–Kier alpha value is -3.90. The quantitative estimate of drug-likeness (QED) is 0.366. The number of piperidine rings is 2. The summed E-state index contributed by atoms with van der Waals surface area (Å²) in [5, 5.41) is 13.4. The molecule has 40 heavy (non-hydrogen) atoms. The molecule has 4 aromatic rings. The van der Waals surface area contributed by atoms with Gasteiger partial charge in [-0.15, -0.1) is 0 Å². The summed E-state index contributed by atoms with van der Waals surface area (Å²) in [6.45, 7) is 2.09. The first kappa shape index (κ1) is 26.3. The average molecular weight is 569 g/mol. The van der Waals surface area contributed by atoms with Gasteiger partial charge in [0.05, 0.1) is 34.6 Å². The number of rotatable bonds is 5. The highest BCUT2D eigenvalue weighted by Crippen LogP contribution is 2.33. The second-order valence-electron chi connectivity index (χ2n) is 10.1. The third-order valence-corrected chi connectivity index (χ3v) is 7.66. The molecule has 1 atom stereocenters. The third-order valence-electron chi connectivity index (χ3n) is 7.46. The first-order valence-electron chi connectivity index (χ1n) is 13.1. The fraction of sp³-hybridized carbons (Fsp3) is 0.370. The van der Waals surface area contributed by atoms with Crippen molar-refractivity contribution in [2.24, 2.45) is 0 Å². The van der Waals surface area contributed by atoms with Gasteiger partial charge >= 0.3 is 0 Å². The summed E-state index contributed by atoms with van der Waals surface area (Å²) < 4.78 is 32.2. The predicted octanol–water partition coefficient (Wildman–Crippen LogP) is 4.33. The van der Waals surface area contributed by atoms with Gasteiger partial charge in [0.25, 0.3) is 5.91 Å². The van der Waals surface area contributed by atoms with E-state index in [1.807, 2.05) is 4.57 Å². The van der Waals surface area contributed by atoms with Gasteiger partial charge in [0, 0.05) is 44.0 Å². The Labute approximate surface area is 233 Å². The molecule has 2 N–H and O–H groups in total. The maximum Gasteiger partial charge on any atom is 0.254 e. The number of nitrogens with zero attached hydrogens (tertiary/aromatic N) is 7. The number of nitrogens with one attached hydrogen (secondary N) is 1. The number of fused-ring (bicyclic) bond motifs is 1. The van der Waals surface area contributed by atoms with E-state index in [1.165, 1.54) is 29.6 Å². The van der Waals surface area contributed by atoms with Crippen LogP contribution in [0.1, 0.15) is 42.1 Å². The number of aliphatic hydroxyl groups excluding tert-OH is 1. The van der Waals surface area contributed by atoms with E-state index in [4.69, 9.17) is 11.6 Å². The van der Waals surface area contributed by atoms with Crippen LogP contribution in [0.5, 0.6) is 0 Å². The molecule has 0 radical (unpaired) electrons. The highest BCUT2D eigenvalue weighted by molar-refractivity contribution is 6.30. The maximum absolute atomic E-state index is 15.3. The van der Waals surface area contributed by atoms with E-state index in [0.29, 0.717) is 49.1 Å². The van der Waals surface area contributed by atoms with Gasteiger partial charge in [-0.2, -0.15) is 0 Å². The van der Waals surface area contributed by atoms with Gasteiger partial charge in [-0.3, -0.25) is 4.79 Å². The zero-order chi connectivity index (χ0) is 27.8. The topological polar surface area (TPSA) is 112 Å². The number of anilines is 3. The zero-order valence-electron chi connectivity index (χ0n) is 21.5. The van der Waals surface area contributed by atoms with Crippen molar-refractivity contribution >= 4 is 46.0 Å². The van der Waals surface area contributed by atoms with Crippen LogP contribution in [-0.2, 0) is 0 Å². The highest BCUT2D eigenvalue weighted by atomic mass is 35.5. The number of halogens is 3. The molecule has 2 aliphatic heterocycles. The molecule has 2 aliphatic rings. The van der Waals surface area contributed by atoms with Gasteiger partial charge < -0.3 is 24.8 Å². The average Bonchev–Trinajstić information content (AvgIpc) is 3.31. The number of carbonyl (C=O) groups is 1. The van der Waals surface area contributed by atoms with Gasteiger partial charge in [-0.1, -0.05) is 11.6 Å². The number of hydrogen-bond donors (Lipinski definition) is 2. The van der Waals surface area contributed by atoms with Crippen LogP contribution in [0.4, 0.5) is 26.2 Å². The number of β-amino-alcohol motifs (C(OH)–C–C–N with tert-alkyl or cyclic N) is 1. The minimum atomic E-state index is -0.674. The Balaban J connectivity index is 1.20. The molecular formula is C27H27ClF2N8O2. The van der Waals surface area contributed by atoms with Crippen LogP contribution in [0.15, 0.2) is 43.1 Å². The highest BCUT2D eigenvalue weighted by Gasteiger charge is 2.27. The van der Waals surface area contributed by atoms with E-state index >= 15 is 8.78 Å². The Morgan fingerprint density at radius 2 is 1.80 bits per heavy atom. The number of aromatic nitrogens is 5. The van der Waals surface area contributed by atoms with Gasteiger partial charge in [0.15, 0.2) is 5.82 Å². The van der Waals surface area contributed by atoms with Crippen LogP contribution >= 0.6 is 11.6 Å². The van der Waals surface area contributed by atoms with E-state index in [-0.39, 0.29) is 40.9 Å². The molecular weight excluding hydrogens is 542 g/mol. The van der Waals surface area contributed by atoms with E-state index in [1.54, 1.807) is 12.4 Å². The first-order valence-corrected chi connectivity index (χ1v) is 13.5. The smallest absolute Gasteiger partial charge is 0.254 e. The lowest BCUT2D eigenvalue weighted by Crippen LogP contribution is -2.42.